The van der Waals surface area contributed by atoms with Crippen molar-refractivity contribution in [2.45, 2.75) is 43.6 Å². The molecule has 1 aromatic carbocycles. The number of carbonyl (C=O) groups excluding carboxylic acids is 1. The van der Waals surface area contributed by atoms with Crippen LogP contribution in [0.2, 0.25) is 0 Å². The first kappa shape index (κ1) is 14.1. The number of hydrogen-bond donors (Lipinski definition) is 1. The Morgan fingerprint density at radius 3 is 3.00 bits per heavy atom. The van der Waals surface area contributed by atoms with Crippen molar-refractivity contribution in [2.24, 2.45) is 5.92 Å². The topological polar surface area (TPSA) is 49.8 Å². The third-order valence-corrected chi connectivity index (χ3v) is 6.23. The van der Waals surface area contributed by atoms with Crippen molar-refractivity contribution in [3.05, 3.63) is 23.3 Å². The number of ketones is 1. The van der Waals surface area contributed by atoms with Crippen molar-refractivity contribution in [2.75, 3.05) is 20.7 Å². The van der Waals surface area contributed by atoms with Crippen molar-refractivity contribution >= 4 is 5.78 Å². The molecule has 1 saturated heterocycles. The lowest BCUT2D eigenvalue weighted by Crippen LogP contribution is -2.60. The van der Waals surface area contributed by atoms with Crippen molar-refractivity contribution in [1.82, 2.24) is 4.90 Å². The lowest BCUT2D eigenvalue weighted by molar-refractivity contribution is -0.126. The molecule has 22 heavy (non-hydrogen) atoms. The van der Waals surface area contributed by atoms with Crippen molar-refractivity contribution < 1.29 is 14.6 Å². The average molecular weight is 301 g/mol. The summed E-state index contributed by atoms with van der Waals surface area (Å²) in [5.74, 6) is 1.85. The van der Waals surface area contributed by atoms with Crippen molar-refractivity contribution in [3.63, 3.8) is 0 Å². The number of phenolic OH excluding ortho intramolecular Hbond substituents is 1. The maximum absolute atomic E-state index is 12.2. The van der Waals surface area contributed by atoms with Gasteiger partial charge in [0.05, 0.1) is 7.11 Å². The maximum atomic E-state index is 12.2. The summed E-state index contributed by atoms with van der Waals surface area (Å²) in [5.41, 5.74) is 2.05. The normalized spacial score (nSPS) is 34.0. The van der Waals surface area contributed by atoms with Crippen LogP contribution in [0.25, 0.3) is 0 Å². The number of nitrogens with zero attached hydrogens (tertiary/aromatic N) is 1. The summed E-state index contributed by atoms with van der Waals surface area (Å²) in [5, 5.41) is 10.7. The number of Topliss-reactive ketones (excluding diaryl/α,β-unsaturated/α-hetero) is 1. The van der Waals surface area contributed by atoms with Gasteiger partial charge in [-0.3, -0.25) is 4.79 Å². The molecule has 2 aliphatic carbocycles. The molecule has 0 aromatic heterocycles. The second kappa shape index (κ2) is 4.72. The predicted molar refractivity (Wildman–Crippen MR) is 83.4 cm³/mol. The zero-order chi connectivity index (χ0) is 15.5. The average Bonchev–Trinajstić information content (AvgIpc) is 2.49. The van der Waals surface area contributed by atoms with Crippen LogP contribution in [0.5, 0.6) is 11.5 Å². The summed E-state index contributed by atoms with van der Waals surface area (Å²) in [6.45, 7) is 0.999. The Morgan fingerprint density at radius 2 is 2.23 bits per heavy atom. The van der Waals surface area contributed by atoms with E-state index in [1.165, 1.54) is 5.56 Å². The molecular weight excluding hydrogens is 278 g/mol. The van der Waals surface area contributed by atoms with Gasteiger partial charge in [-0.05, 0) is 50.4 Å². The highest BCUT2D eigenvalue weighted by Gasteiger charge is 2.56. The summed E-state index contributed by atoms with van der Waals surface area (Å²) in [4.78, 5) is 14.7. The number of piperidine rings is 1. The fourth-order valence-electron chi connectivity index (χ4n) is 5.28. The number of ether oxygens (including phenoxy) is 1. The van der Waals surface area contributed by atoms with Gasteiger partial charge in [-0.15, -0.1) is 0 Å². The van der Waals surface area contributed by atoms with E-state index in [2.05, 4.69) is 18.0 Å². The van der Waals surface area contributed by atoms with Crippen molar-refractivity contribution in [3.8, 4) is 11.5 Å². The SMILES string of the molecule is COc1cc(O)c2c(c1)CC1C3CCC(=O)CC23CCN1C. The third-order valence-electron chi connectivity index (χ3n) is 6.23. The van der Waals surface area contributed by atoms with E-state index in [4.69, 9.17) is 4.74 Å². The maximum Gasteiger partial charge on any atom is 0.133 e. The molecule has 4 heteroatoms. The van der Waals surface area contributed by atoms with Gasteiger partial charge in [0.25, 0.3) is 0 Å². The number of phenols is 1. The Morgan fingerprint density at radius 1 is 1.41 bits per heavy atom. The van der Waals surface area contributed by atoms with Gasteiger partial charge in [-0.2, -0.15) is 0 Å². The van der Waals surface area contributed by atoms with E-state index in [0.717, 1.165) is 31.4 Å². The first-order chi connectivity index (χ1) is 10.5. The number of hydrogen-bond acceptors (Lipinski definition) is 4. The second-order valence-electron chi connectivity index (χ2n) is 7.20. The Balaban J connectivity index is 1.93. The summed E-state index contributed by atoms with van der Waals surface area (Å²) < 4.78 is 5.32. The number of benzene rings is 1. The molecule has 0 spiro atoms. The number of rotatable bonds is 1. The third kappa shape index (κ3) is 1.76. The van der Waals surface area contributed by atoms with E-state index in [1.807, 2.05) is 0 Å². The van der Waals surface area contributed by atoms with Crippen LogP contribution in [-0.2, 0) is 16.6 Å². The van der Waals surface area contributed by atoms with E-state index in [-0.39, 0.29) is 5.41 Å². The smallest absolute Gasteiger partial charge is 0.133 e. The van der Waals surface area contributed by atoms with Gasteiger partial charge < -0.3 is 14.7 Å². The van der Waals surface area contributed by atoms with Gasteiger partial charge in [0, 0.05) is 35.9 Å². The van der Waals surface area contributed by atoms with Crippen LogP contribution in [0.15, 0.2) is 12.1 Å². The zero-order valence-corrected chi connectivity index (χ0v) is 13.3. The van der Waals surface area contributed by atoms with E-state index in [1.54, 1.807) is 13.2 Å². The summed E-state index contributed by atoms with van der Waals surface area (Å²) in [7, 11) is 3.82. The van der Waals surface area contributed by atoms with Crippen LogP contribution in [0.4, 0.5) is 0 Å². The van der Waals surface area contributed by atoms with Crippen LogP contribution >= 0.6 is 0 Å². The molecule has 1 heterocycles. The molecule has 1 aliphatic heterocycles. The molecule has 2 fully saturated rings. The molecule has 4 nitrogen and oxygen atoms in total. The second-order valence-corrected chi connectivity index (χ2v) is 7.20. The van der Waals surface area contributed by atoms with Gasteiger partial charge in [0.1, 0.15) is 17.3 Å². The Hall–Kier alpha value is -1.55. The van der Waals surface area contributed by atoms with Gasteiger partial charge >= 0.3 is 0 Å². The highest BCUT2D eigenvalue weighted by Crippen LogP contribution is 2.57. The van der Waals surface area contributed by atoms with Gasteiger partial charge in [0.15, 0.2) is 0 Å². The number of methoxy groups -OCH3 is 1. The van der Waals surface area contributed by atoms with Crippen LogP contribution in [0.1, 0.15) is 36.8 Å². The Labute approximate surface area is 131 Å². The molecule has 4 rings (SSSR count). The van der Waals surface area contributed by atoms with Gasteiger partial charge in [-0.1, -0.05) is 0 Å². The first-order valence-corrected chi connectivity index (χ1v) is 8.17. The minimum atomic E-state index is -0.156. The molecule has 3 aliphatic rings. The number of likely N-dealkylation sites (tertiary alicyclic amines) is 1. The van der Waals surface area contributed by atoms with E-state index >= 15 is 0 Å². The van der Waals surface area contributed by atoms with Gasteiger partial charge in [-0.25, -0.2) is 0 Å². The predicted octanol–water partition coefficient (Wildman–Crippen LogP) is 2.27. The number of aromatic hydroxyl groups is 1. The Kier molecular flexibility index (Phi) is 3.02. The molecule has 3 atom stereocenters. The highest BCUT2D eigenvalue weighted by molar-refractivity contribution is 5.82. The largest absolute Gasteiger partial charge is 0.507 e. The molecule has 1 saturated carbocycles. The fraction of sp³-hybridized carbons (Fsp3) is 0.611. The number of likely N-dealkylation sites (N-methyl/N-ethyl adjacent to an activating group) is 1. The lowest BCUT2D eigenvalue weighted by Gasteiger charge is -2.58. The van der Waals surface area contributed by atoms with Crippen LogP contribution in [0, 0.1) is 5.92 Å². The standard InChI is InChI=1S/C18H23NO3/c1-19-6-5-18-10-12(20)3-4-14(18)15(19)8-11-7-13(22-2)9-16(21)17(11)18/h7,9,14-15,21H,3-6,8,10H2,1-2H3. The zero-order valence-electron chi connectivity index (χ0n) is 13.3. The van der Waals surface area contributed by atoms with E-state index < -0.39 is 0 Å². The summed E-state index contributed by atoms with van der Waals surface area (Å²) in [6, 6.07) is 4.24. The number of carbonyl (C=O) groups is 1. The minimum Gasteiger partial charge on any atom is -0.507 e. The van der Waals surface area contributed by atoms with E-state index in [0.29, 0.717) is 42.1 Å². The first-order valence-electron chi connectivity index (χ1n) is 8.17. The molecule has 118 valence electrons. The molecule has 3 unspecified atom stereocenters. The lowest BCUT2D eigenvalue weighted by atomic mass is 9.52. The van der Waals surface area contributed by atoms with Crippen LogP contribution < -0.4 is 4.74 Å². The molecule has 0 amide bonds. The fourth-order valence-corrected chi connectivity index (χ4v) is 5.28. The quantitative estimate of drug-likeness (QED) is 0.864. The minimum absolute atomic E-state index is 0.156. The highest BCUT2D eigenvalue weighted by atomic mass is 16.5. The summed E-state index contributed by atoms with van der Waals surface area (Å²) >= 11 is 0. The molecule has 1 N–H and O–H groups in total. The molecule has 2 bridgehead atoms. The molecular formula is C18H23NO3. The monoisotopic (exact) mass is 301 g/mol. The van der Waals surface area contributed by atoms with Gasteiger partial charge in [0.2, 0.25) is 0 Å². The van der Waals surface area contributed by atoms with Crippen molar-refractivity contribution in [1.29, 1.82) is 0 Å². The molecule has 1 aromatic rings. The van der Waals surface area contributed by atoms with Crippen LogP contribution in [-0.4, -0.2) is 42.5 Å². The van der Waals surface area contributed by atoms with Crippen LogP contribution in [0.3, 0.4) is 0 Å². The van der Waals surface area contributed by atoms with E-state index in [9.17, 15) is 9.90 Å². The molecule has 0 radical (unpaired) electrons. The summed E-state index contributed by atoms with van der Waals surface area (Å²) in [6.07, 6.45) is 4.15. The number of fused-ring (bicyclic) bond motifs is 1. The Bertz CT molecular complexity index is 641.